The molecule has 0 atom stereocenters. The topological polar surface area (TPSA) is 50.7 Å². The van der Waals surface area contributed by atoms with Crippen LogP contribution >= 0.6 is 35.0 Å². The lowest BCUT2D eigenvalue weighted by atomic mass is 10.2. The Labute approximate surface area is 148 Å². The minimum absolute atomic E-state index is 0.206. The van der Waals surface area contributed by atoms with E-state index in [-0.39, 0.29) is 11.7 Å². The molecule has 4 nitrogen and oxygen atoms in total. The molecule has 0 aromatic heterocycles. The van der Waals surface area contributed by atoms with E-state index in [1.54, 1.807) is 37.4 Å². The van der Waals surface area contributed by atoms with Crippen LogP contribution in [-0.4, -0.2) is 25.0 Å². The molecule has 0 unspecified atom stereocenters. The molecule has 0 saturated heterocycles. The third-order valence-corrected chi connectivity index (χ3v) is 4.27. The van der Waals surface area contributed by atoms with Gasteiger partial charge in [0.25, 0.3) is 0 Å². The first-order chi connectivity index (χ1) is 11.1. The maximum Gasteiger partial charge on any atom is 0.250 e. The SMILES string of the molecule is COc1ccc(Cl)cc1/C=N\NC(=O)CSc1ccc(Cl)cc1. The molecule has 7 heteroatoms. The predicted molar refractivity (Wildman–Crippen MR) is 95.9 cm³/mol. The Hall–Kier alpha value is -1.69. The van der Waals surface area contributed by atoms with Gasteiger partial charge in [0.1, 0.15) is 5.75 Å². The van der Waals surface area contributed by atoms with E-state index in [0.717, 1.165) is 4.90 Å². The Morgan fingerprint density at radius 2 is 1.91 bits per heavy atom. The Bertz CT molecular complexity index is 706. The van der Waals surface area contributed by atoms with Gasteiger partial charge in [-0.1, -0.05) is 23.2 Å². The second-order valence-electron chi connectivity index (χ2n) is 4.42. The third-order valence-electron chi connectivity index (χ3n) is 2.77. The largest absolute Gasteiger partial charge is 0.496 e. The van der Waals surface area contributed by atoms with Crippen LogP contribution in [0.5, 0.6) is 5.75 Å². The van der Waals surface area contributed by atoms with E-state index >= 15 is 0 Å². The van der Waals surface area contributed by atoms with Crippen LogP contribution < -0.4 is 10.2 Å². The van der Waals surface area contributed by atoms with Crippen molar-refractivity contribution in [1.29, 1.82) is 0 Å². The molecule has 2 rings (SSSR count). The summed E-state index contributed by atoms with van der Waals surface area (Å²) < 4.78 is 5.20. The molecular weight excluding hydrogens is 355 g/mol. The number of hydrogen-bond acceptors (Lipinski definition) is 4. The highest BCUT2D eigenvalue weighted by atomic mass is 35.5. The first-order valence-electron chi connectivity index (χ1n) is 6.62. The number of amides is 1. The molecule has 1 N–H and O–H groups in total. The summed E-state index contributed by atoms with van der Waals surface area (Å²) in [6, 6.07) is 12.5. The van der Waals surface area contributed by atoms with E-state index in [0.29, 0.717) is 21.4 Å². The van der Waals surface area contributed by atoms with Crippen LogP contribution in [0.4, 0.5) is 0 Å². The molecule has 2 aromatic carbocycles. The molecule has 0 aliphatic carbocycles. The number of halogens is 2. The van der Waals surface area contributed by atoms with Crippen molar-refractivity contribution in [3.63, 3.8) is 0 Å². The van der Waals surface area contributed by atoms with E-state index in [1.807, 2.05) is 12.1 Å². The van der Waals surface area contributed by atoms with Gasteiger partial charge in [-0.3, -0.25) is 4.79 Å². The van der Waals surface area contributed by atoms with Crippen molar-refractivity contribution in [2.45, 2.75) is 4.90 Å². The number of rotatable bonds is 6. The van der Waals surface area contributed by atoms with E-state index in [1.165, 1.54) is 18.0 Å². The summed E-state index contributed by atoms with van der Waals surface area (Å²) >= 11 is 13.1. The molecule has 0 saturated carbocycles. The van der Waals surface area contributed by atoms with Crippen molar-refractivity contribution in [1.82, 2.24) is 5.43 Å². The second kappa shape index (κ2) is 8.82. The molecule has 0 fully saturated rings. The van der Waals surface area contributed by atoms with Crippen LogP contribution in [-0.2, 0) is 4.79 Å². The van der Waals surface area contributed by atoms with Gasteiger partial charge in [0.15, 0.2) is 0 Å². The number of hydrazone groups is 1. The zero-order valence-electron chi connectivity index (χ0n) is 12.3. The minimum Gasteiger partial charge on any atom is -0.496 e. The Kier molecular flexibility index (Phi) is 6.77. The molecule has 0 spiro atoms. The van der Waals surface area contributed by atoms with Crippen LogP contribution in [0.1, 0.15) is 5.56 Å². The van der Waals surface area contributed by atoms with Gasteiger partial charge < -0.3 is 4.74 Å². The molecule has 0 heterocycles. The summed E-state index contributed by atoms with van der Waals surface area (Å²) in [6.45, 7) is 0. The van der Waals surface area contributed by atoms with Gasteiger partial charge in [-0.05, 0) is 42.5 Å². The first kappa shape index (κ1) is 17.7. The average molecular weight is 369 g/mol. The lowest BCUT2D eigenvalue weighted by molar-refractivity contribution is -0.118. The third kappa shape index (κ3) is 5.78. The second-order valence-corrected chi connectivity index (χ2v) is 6.34. The number of methoxy groups -OCH3 is 1. The average Bonchev–Trinajstić information content (AvgIpc) is 2.54. The van der Waals surface area contributed by atoms with E-state index < -0.39 is 0 Å². The minimum atomic E-state index is -0.206. The van der Waals surface area contributed by atoms with Crippen LogP contribution in [0.25, 0.3) is 0 Å². The molecule has 0 aliphatic rings. The summed E-state index contributed by atoms with van der Waals surface area (Å²) in [6.07, 6.45) is 1.50. The summed E-state index contributed by atoms with van der Waals surface area (Å²) in [5.74, 6) is 0.677. The lowest BCUT2D eigenvalue weighted by Gasteiger charge is -2.04. The summed E-state index contributed by atoms with van der Waals surface area (Å²) in [5, 5.41) is 5.15. The quantitative estimate of drug-likeness (QED) is 0.471. The fourth-order valence-corrected chi connectivity index (χ4v) is 2.69. The van der Waals surface area contributed by atoms with Gasteiger partial charge in [0, 0.05) is 20.5 Å². The van der Waals surface area contributed by atoms with E-state index in [2.05, 4.69) is 10.5 Å². The number of ether oxygens (including phenoxy) is 1. The van der Waals surface area contributed by atoms with Crippen LogP contribution in [0, 0.1) is 0 Å². The highest BCUT2D eigenvalue weighted by Crippen LogP contribution is 2.21. The highest BCUT2D eigenvalue weighted by molar-refractivity contribution is 8.00. The van der Waals surface area contributed by atoms with Gasteiger partial charge in [0.2, 0.25) is 5.91 Å². The van der Waals surface area contributed by atoms with Crippen molar-refractivity contribution in [2.24, 2.45) is 5.10 Å². The Morgan fingerprint density at radius 1 is 1.22 bits per heavy atom. The molecule has 0 bridgehead atoms. The number of thioether (sulfide) groups is 1. The maximum absolute atomic E-state index is 11.8. The van der Waals surface area contributed by atoms with Crippen molar-refractivity contribution in [3.8, 4) is 5.75 Å². The van der Waals surface area contributed by atoms with Crippen LogP contribution in [0.15, 0.2) is 52.5 Å². The van der Waals surface area contributed by atoms with E-state index in [4.69, 9.17) is 27.9 Å². The van der Waals surface area contributed by atoms with Gasteiger partial charge in [-0.15, -0.1) is 11.8 Å². The van der Waals surface area contributed by atoms with E-state index in [9.17, 15) is 4.79 Å². The zero-order valence-corrected chi connectivity index (χ0v) is 14.6. The normalized spacial score (nSPS) is 10.7. The fourth-order valence-electron chi connectivity index (χ4n) is 1.69. The standard InChI is InChI=1S/C16H14Cl2N2O2S/c1-22-15-7-4-13(18)8-11(15)9-19-20-16(21)10-23-14-5-2-12(17)3-6-14/h2-9H,10H2,1H3,(H,20,21)/b19-9-. The van der Waals surface area contributed by atoms with Crippen molar-refractivity contribution >= 4 is 47.1 Å². The summed E-state index contributed by atoms with van der Waals surface area (Å²) in [4.78, 5) is 12.7. The van der Waals surface area contributed by atoms with Crippen molar-refractivity contribution in [2.75, 3.05) is 12.9 Å². The van der Waals surface area contributed by atoms with Gasteiger partial charge >= 0.3 is 0 Å². The highest BCUT2D eigenvalue weighted by Gasteiger charge is 2.03. The first-order valence-corrected chi connectivity index (χ1v) is 8.36. The Morgan fingerprint density at radius 3 is 2.61 bits per heavy atom. The monoisotopic (exact) mass is 368 g/mol. The van der Waals surface area contributed by atoms with Crippen LogP contribution in [0.3, 0.4) is 0 Å². The van der Waals surface area contributed by atoms with Crippen molar-refractivity contribution in [3.05, 3.63) is 58.1 Å². The molecule has 1 amide bonds. The number of carbonyl (C=O) groups is 1. The molecule has 0 aliphatic heterocycles. The number of hydrogen-bond donors (Lipinski definition) is 1. The maximum atomic E-state index is 11.8. The lowest BCUT2D eigenvalue weighted by Crippen LogP contribution is -2.19. The fraction of sp³-hybridized carbons (Fsp3) is 0.125. The van der Waals surface area contributed by atoms with Gasteiger partial charge in [-0.25, -0.2) is 5.43 Å². The number of benzene rings is 2. The van der Waals surface area contributed by atoms with Crippen molar-refractivity contribution < 1.29 is 9.53 Å². The van der Waals surface area contributed by atoms with Crippen LogP contribution in [0.2, 0.25) is 10.0 Å². The zero-order chi connectivity index (χ0) is 16.7. The van der Waals surface area contributed by atoms with Gasteiger partial charge in [0.05, 0.1) is 19.1 Å². The number of nitrogens with zero attached hydrogens (tertiary/aromatic N) is 1. The predicted octanol–water partition coefficient (Wildman–Crippen LogP) is 4.24. The smallest absolute Gasteiger partial charge is 0.250 e. The summed E-state index contributed by atoms with van der Waals surface area (Å²) in [5.41, 5.74) is 3.15. The molecule has 23 heavy (non-hydrogen) atoms. The summed E-state index contributed by atoms with van der Waals surface area (Å²) in [7, 11) is 1.56. The molecule has 2 aromatic rings. The number of nitrogens with one attached hydrogen (secondary N) is 1. The molecular formula is C16H14Cl2N2O2S. The molecule has 120 valence electrons. The number of carbonyl (C=O) groups excluding carboxylic acids is 1. The Balaban J connectivity index is 1.86. The molecule has 0 radical (unpaired) electrons. The van der Waals surface area contributed by atoms with Gasteiger partial charge in [-0.2, -0.15) is 5.10 Å².